The molecule has 5 nitrogen and oxygen atoms in total. The molecule has 29 heavy (non-hydrogen) atoms. The molecule has 0 aromatic rings. The highest BCUT2D eigenvalue weighted by Crippen LogP contribution is 2.37. The molecule has 0 radical (unpaired) electrons. The van der Waals surface area contributed by atoms with E-state index in [0.717, 1.165) is 32.1 Å². The Morgan fingerprint density at radius 3 is 2.17 bits per heavy atom. The van der Waals surface area contributed by atoms with Crippen LogP contribution in [0.15, 0.2) is 0 Å². The highest BCUT2D eigenvalue weighted by molar-refractivity contribution is 5.81. The fourth-order valence-corrected chi connectivity index (χ4v) is 4.56. The molecule has 1 saturated heterocycles. The predicted molar refractivity (Wildman–Crippen MR) is 115 cm³/mol. The number of carbonyl (C=O) groups is 2. The molecule has 2 rings (SSSR count). The monoisotopic (exact) mass is 409 g/mol. The number of amides is 1. The first-order chi connectivity index (χ1) is 13.4. The summed E-state index contributed by atoms with van der Waals surface area (Å²) in [6, 6.07) is 0.0917. The number of esters is 1. The van der Waals surface area contributed by atoms with Gasteiger partial charge in [-0.05, 0) is 37.0 Å². The van der Waals surface area contributed by atoms with E-state index < -0.39 is 5.41 Å². The molecule has 1 saturated carbocycles. The van der Waals surface area contributed by atoms with Gasteiger partial charge in [-0.1, -0.05) is 60.8 Å². The van der Waals surface area contributed by atoms with E-state index in [1.807, 2.05) is 20.8 Å². The standard InChI is InChI=1S/C24H43NO4/c1-16(26)28-20(17-11-9-8-10-12-17)15-19-13-18(25-22(27)24(5,6)7)14-21(29-19)23(2,3)4/h17-21H,8-15H2,1-7H3,(H,25,27)/t18?,19-,20+,21+/m0/s1. The largest absolute Gasteiger partial charge is 0.462 e. The van der Waals surface area contributed by atoms with Crippen molar-refractivity contribution in [2.75, 3.05) is 0 Å². The second-order valence-electron chi connectivity index (χ2n) is 11.3. The van der Waals surface area contributed by atoms with E-state index in [9.17, 15) is 9.59 Å². The van der Waals surface area contributed by atoms with Gasteiger partial charge in [0.2, 0.25) is 5.91 Å². The minimum absolute atomic E-state index is 0.00878. The van der Waals surface area contributed by atoms with E-state index >= 15 is 0 Å². The quantitative estimate of drug-likeness (QED) is 0.648. The zero-order valence-corrected chi connectivity index (χ0v) is 19.7. The third-order valence-corrected chi connectivity index (χ3v) is 6.37. The number of rotatable bonds is 5. The van der Waals surface area contributed by atoms with Gasteiger partial charge in [-0.2, -0.15) is 0 Å². The molecule has 1 unspecified atom stereocenters. The van der Waals surface area contributed by atoms with Crippen molar-refractivity contribution in [2.24, 2.45) is 16.7 Å². The maximum Gasteiger partial charge on any atom is 0.302 e. The van der Waals surface area contributed by atoms with E-state index in [1.165, 1.54) is 26.2 Å². The van der Waals surface area contributed by atoms with Crippen LogP contribution in [0.2, 0.25) is 0 Å². The van der Waals surface area contributed by atoms with Crippen LogP contribution in [0.5, 0.6) is 0 Å². The maximum atomic E-state index is 12.6. The van der Waals surface area contributed by atoms with Gasteiger partial charge >= 0.3 is 5.97 Å². The third kappa shape index (κ3) is 7.58. The Bertz CT molecular complexity index is 554. The van der Waals surface area contributed by atoms with Crippen LogP contribution < -0.4 is 5.32 Å². The lowest BCUT2D eigenvalue weighted by molar-refractivity contribution is -0.159. The Hall–Kier alpha value is -1.10. The van der Waals surface area contributed by atoms with Crippen molar-refractivity contribution in [3.05, 3.63) is 0 Å². The van der Waals surface area contributed by atoms with Gasteiger partial charge in [0, 0.05) is 24.8 Å². The molecule has 0 spiro atoms. The topological polar surface area (TPSA) is 64.6 Å². The van der Waals surface area contributed by atoms with Gasteiger partial charge in [-0.15, -0.1) is 0 Å². The summed E-state index contributed by atoms with van der Waals surface area (Å²) in [6.07, 6.45) is 8.23. The number of hydrogen-bond acceptors (Lipinski definition) is 4. The molecule has 1 aliphatic heterocycles. The third-order valence-electron chi connectivity index (χ3n) is 6.37. The van der Waals surface area contributed by atoms with Gasteiger partial charge in [0.1, 0.15) is 6.10 Å². The lowest BCUT2D eigenvalue weighted by Crippen LogP contribution is -2.51. The van der Waals surface area contributed by atoms with Crippen LogP contribution in [0, 0.1) is 16.7 Å². The molecule has 1 aliphatic carbocycles. The summed E-state index contributed by atoms with van der Waals surface area (Å²) in [5.41, 5.74) is -0.418. The second-order valence-corrected chi connectivity index (χ2v) is 11.3. The van der Waals surface area contributed by atoms with Gasteiger partial charge in [-0.3, -0.25) is 9.59 Å². The Morgan fingerprint density at radius 1 is 1.03 bits per heavy atom. The molecule has 2 aliphatic rings. The van der Waals surface area contributed by atoms with Crippen molar-refractivity contribution in [2.45, 2.75) is 124 Å². The van der Waals surface area contributed by atoms with Gasteiger partial charge in [0.05, 0.1) is 12.2 Å². The number of carbonyl (C=O) groups excluding carboxylic acids is 2. The fraction of sp³-hybridized carbons (Fsp3) is 0.917. The molecule has 4 atom stereocenters. The van der Waals surface area contributed by atoms with Crippen molar-refractivity contribution in [1.29, 1.82) is 0 Å². The summed E-state index contributed by atoms with van der Waals surface area (Å²) in [7, 11) is 0. The number of nitrogens with one attached hydrogen (secondary N) is 1. The molecule has 1 heterocycles. The molecule has 0 aromatic carbocycles. The van der Waals surface area contributed by atoms with Crippen LogP contribution in [0.25, 0.3) is 0 Å². The van der Waals surface area contributed by atoms with Crippen molar-refractivity contribution in [3.63, 3.8) is 0 Å². The number of ether oxygens (including phenoxy) is 2. The molecule has 168 valence electrons. The molecule has 0 bridgehead atoms. The van der Waals surface area contributed by atoms with Gasteiger partial charge < -0.3 is 14.8 Å². The highest BCUT2D eigenvalue weighted by atomic mass is 16.5. The van der Waals surface area contributed by atoms with Crippen molar-refractivity contribution >= 4 is 11.9 Å². The van der Waals surface area contributed by atoms with Crippen LogP contribution in [-0.4, -0.2) is 36.2 Å². The second kappa shape index (κ2) is 9.80. The molecule has 5 heteroatoms. The summed E-state index contributed by atoms with van der Waals surface area (Å²) >= 11 is 0. The van der Waals surface area contributed by atoms with Crippen LogP contribution in [-0.2, 0) is 19.1 Å². The van der Waals surface area contributed by atoms with Crippen LogP contribution in [0.4, 0.5) is 0 Å². The summed E-state index contributed by atoms with van der Waals surface area (Å²) in [5.74, 6) is 0.301. The van der Waals surface area contributed by atoms with E-state index in [4.69, 9.17) is 9.47 Å². The summed E-state index contributed by atoms with van der Waals surface area (Å²) < 4.78 is 12.3. The first-order valence-electron chi connectivity index (χ1n) is 11.5. The Balaban J connectivity index is 2.12. The average Bonchev–Trinajstić information content (AvgIpc) is 2.60. The van der Waals surface area contributed by atoms with E-state index in [1.54, 1.807) is 0 Å². The molecular weight excluding hydrogens is 366 g/mol. The SMILES string of the molecule is CC(=O)O[C@H](C[C@@H]1CC(NC(=O)C(C)(C)C)C[C@H](C(C)(C)C)O1)C1CCCCC1. The zero-order valence-electron chi connectivity index (χ0n) is 19.7. The highest BCUT2D eigenvalue weighted by Gasteiger charge is 2.40. The van der Waals surface area contributed by atoms with E-state index in [0.29, 0.717) is 5.92 Å². The van der Waals surface area contributed by atoms with Crippen molar-refractivity contribution in [1.82, 2.24) is 5.32 Å². The van der Waals surface area contributed by atoms with Crippen LogP contribution in [0.3, 0.4) is 0 Å². The van der Waals surface area contributed by atoms with Crippen molar-refractivity contribution < 1.29 is 19.1 Å². The summed E-state index contributed by atoms with van der Waals surface area (Å²) in [5, 5.41) is 3.26. The minimum Gasteiger partial charge on any atom is -0.462 e. The molecule has 2 fully saturated rings. The normalized spacial score (nSPS) is 27.9. The summed E-state index contributed by atoms with van der Waals surface area (Å²) in [6.45, 7) is 13.9. The molecule has 1 amide bonds. The Kier molecular flexibility index (Phi) is 8.17. The minimum atomic E-state index is -0.409. The smallest absolute Gasteiger partial charge is 0.302 e. The zero-order chi connectivity index (χ0) is 21.8. The van der Waals surface area contributed by atoms with Gasteiger partial charge in [0.25, 0.3) is 0 Å². The van der Waals surface area contributed by atoms with Gasteiger partial charge in [0.15, 0.2) is 0 Å². The van der Waals surface area contributed by atoms with E-state index in [2.05, 4.69) is 26.1 Å². The summed E-state index contributed by atoms with van der Waals surface area (Å²) in [4.78, 5) is 24.4. The number of hydrogen-bond donors (Lipinski definition) is 1. The lowest BCUT2D eigenvalue weighted by atomic mass is 9.79. The Labute approximate surface area is 177 Å². The molecule has 0 aromatic heterocycles. The first kappa shape index (κ1) is 24.2. The fourth-order valence-electron chi connectivity index (χ4n) is 4.56. The van der Waals surface area contributed by atoms with Crippen LogP contribution in [0.1, 0.15) is 99.8 Å². The Morgan fingerprint density at radius 2 is 1.66 bits per heavy atom. The predicted octanol–water partition coefficient (Wildman–Crippen LogP) is 5.01. The average molecular weight is 410 g/mol. The van der Waals surface area contributed by atoms with Crippen molar-refractivity contribution in [3.8, 4) is 0 Å². The molecular formula is C24H43NO4. The van der Waals surface area contributed by atoms with Crippen LogP contribution >= 0.6 is 0 Å². The van der Waals surface area contributed by atoms with E-state index in [-0.39, 0.29) is 41.6 Å². The molecule has 1 N–H and O–H groups in total. The first-order valence-corrected chi connectivity index (χ1v) is 11.5. The lowest BCUT2D eigenvalue weighted by Gasteiger charge is -2.43. The van der Waals surface area contributed by atoms with Gasteiger partial charge in [-0.25, -0.2) is 0 Å². The maximum absolute atomic E-state index is 12.6.